The Kier molecular flexibility index (Phi) is 5.70. The second-order valence-electron chi connectivity index (χ2n) is 5.62. The fraction of sp³-hybridized carbons (Fsp3) is 0.571. The first kappa shape index (κ1) is 15.1. The van der Waals surface area contributed by atoms with E-state index in [1.165, 1.54) is 5.57 Å². The van der Waals surface area contributed by atoms with Gasteiger partial charge >= 0.3 is 0 Å². The number of hydrogen-bond acceptors (Lipinski definition) is 1. The number of hydrogen-bond donors (Lipinski definition) is 0. The summed E-state index contributed by atoms with van der Waals surface area (Å²) in [5.41, 5.74) is 1.18. The molecule has 0 amide bonds. The molecule has 0 saturated heterocycles. The van der Waals surface area contributed by atoms with E-state index in [0.717, 1.165) is 12.8 Å². The van der Waals surface area contributed by atoms with Crippen molar-refractivity contribution in [3.63, 3.8) is 0 Å². The average molecular weight is 235 g/mol. The second-order valence-corrected chi connectivity index (χ2v) is 10.5. The van der Waals surface area contributed by atoms with Crippen molar-refractivity contribution in [1.82, 2.24) is 0 Å². The van der Waals surface area contributed by atoms with Crippen molar-refractivity contribution >= 4 is 14.1 Å². The Morgan fingerprint density at radius 2 is 1.62 bits per heavy atom. The zero-order valence-electron chi connectivity index (χ0n) is 11.4. The first-order chi connectivity index (χ1) is 7.24. The average Bonchev–Trinajstić information content (AvgIpc) is 2.13. The summed E-state index contributed by atoms with van der Waals surface area (Å²) in [5, 5.41) is 0.271. The summed E-state index contributed by atoms with van der Waals surface area (Å²) in [6.07, 6.45) is 5.49. The van der Waals surface area contributed by atoms with Crippen LogP contribution >= 0.6 is 0 Å². The molecule has 16 heavy (non-hydrogen) atoms. The quantitative estimate of drug-likeness (QED) is 0.371. The molecule has 0 unspecified atom stereocenters. The van der Waals surface area contributed by atoms with Gasteiger partial charge in [0.15, 0.2) is 8.24 Å². The van der Waals surface area contributed by atoms with E-state index in [-0.39, 0.29) is 5.04 Å². The lowest BCUT2D eigenvalue weighted by molar-refractivity contribution is 0.719. The Hall–Kier alpha value is -0.853. The van der Waals surface area contributed by atoms with Crippen molar-refractivity contribution in [1.29, 1.82) is 0 Å². The molecule has 90 valence electrons. The molecule has 0 heterocycles. The van der Waals surface area contributed by atoms with Crippen LogP contribution in [0.1, 0.15) is 33.6 Å². The minimum absolute atomic E-state index is 0.271. The van der Waals surface area contributed by atoms with Crippen molar-refractivity contribution in [2.45, 2.75) is 51.7 Å². The molecule has 0 aromatic carbocycles. The normalized spacial score (nSPS) is 11.6. The van der Waals surface area contributed by atoms with Crippen molar-refractivity contribution < 1.29 is 0 Å². The largest absolute Gasteiger partial charge is 0.283 e. The maximum absolute atomic E-state index is 4.72. The van der Waals surface area contributed by atoms with E-state index in [1.54, 1.807) is 0 Å². The Morgan fingerprint density at radius 1 is 1.19 bits per heavy atom. The van der Waals surface area contributed by atoms with Crippen LogP contribution in [0.4, 0.5) is 0 Å². The maximum Gasteiger partial charge on any atom is 0.192 e. The van der Waals surface area contributed by atoms with Crippen molar-refractivity contribution in [3.8, 4) is 0 Å². The van der Waals surface area contributed by atoms with Crippen molar-refractivity contribution in [2.75, 3.05) is 0 Å². The van der Waals surface area contributed by atoms with E-state index < -0.39 is 8.24 Å². The van der Waals surface area contributed by atoms with Crippen LogP contribution in [0.25, 0.3) is 0 Å². The van der Waals surface area contributed by atoms with Crippen molar-refractivity contribution in [2.24, 2.45) is 4.66 Å². The van der Waals surface area contributed by atoms with Gasteiger partial charge in [-0.05, 0) is 42.4 Å². The molecule has 0 aliphatic carbocycles. The first-order valence-corrected chi connectivity index (χ1v) is 8.73. The van der Waals surface area contributed by atoms with Crippen LogP contribution in [0, 0.1) is 0 Å². The van der Waals surface area contributed by atoms with Gasteiger partial charge in [0.05, 0.1) is 0 Å². The summed E-state index contributed by atoms with van der Waals surface area (Å²) in [7, 11) is -1.60. The molecule has 0 radical (unpaired) electrons. The summed E-state index contributed by atoms with van der Waals surface area (Å²) in [4.78, 5) is 0. The Morgan fingerprint density at radius 3 is 1.94 bits per heavy atom. The monoisotopic (exact) mass is 235 g/mol. The molecule has 0 aliphatic heterocycles. The van der Waals surface area contributed by atoms with Gasteiger partial charge in [0.1, 0.15) is 0 Å². The molecule has 0 aromatic rings. The second kappa shape index (κ2) is 6.02. The molecule has 0 bridgehead atoms. The Balaban J connectivity index is 5.06. The minimum Gasteiger partial charge on any atom is -0.283 e. The molecule has 0 rings (SSSR count). The van der Waals surface area contributed by atoms with Gasteiger partial charge in [-0.3, -0.25) is 4.66 Å². The molecular formula is C14H25NSi. The predicted octanol–water partition coefficient (Wildman–Crippen LogP) is 4.74. The number of nitrogens with zero attached hydrogens (tertiary/aromatic N) is 1. The van der Waals surface area contributed by atoms with Crippen LogP contribution in [-0.4, -0.2) is 14.1 Å². The van der Waals surface area contributed by atoms with E-state index in [2.05, 4.69) is 52.9 Å². The maximum atomic E-state index is 4.72. The molecule has 0 N–H and O–H groups in total. The highest BCUT2D eigenvalue weighted by Gasteiger charge is 2.35. The SMILES string of the molecule is C=CCC(=C=N[Si](C)(C)C(C)(C)C)CC=C. The molecular weight excluding hydrogens is 210 g/mol. The lowest BCUT2D eigenvalue weighted by atomic mass is 10.1. The fourth-order valence-corrected chi connectivity index (χ4v) is 1.68. The van der Waals surface area contributed by atoms with E-state index >= 15 is 0 Å². The van der Waals surface area contributed by atoms with Gasteiger partial charge < -0.3 is 0 Å². The topological polar surface area (TPSA) is 12.4 Å². The van der Waals surface area contributed by atoms with Gasteiger partial charge in [-0.25, -0.2) is 0 Å². The van der Waals surface area contributed by atoms with Crippen LogP contribution in [0.3, 0.4) is 0 Å². The van der Waals surface area contributed by atoms with Gasteiger partial charge in [-0.15, -0.1) is 13.2 Å². The molecule has 0 saturated carbocycles. The summed E-state index contributed by atoms with van der Waals surface area (Å²) < 4.78 is 4.72. The molecule has 0 aliphatic rings. The predicted molar refractivity (Wildman–Crippen MR) is 77.8 cm³/mol. The van der Waals surface area contributed by atoms with Crippen LogP contribution in [0.2, 0.25) is 18.1 Å². The third-order valence-corrected chi connectivity index (χ3v) is 7.45. The number of allylic oxidation sites excluding steroid dienone is 3. The van der Waals surface area contributed by atoms with Gasteiger partial charge in [0.2, 0.25) is 0 Å². The third-order valence-electron chi connectivity index (χ3n) is 3.11. The van der Waals surface area contributed by atoms with E-state index in [1.807, 2.05) is 12.2 Å². The number of rotatable bonds is 5. The van der Waals surface area contributed by atoms with Crippen LogP contribution in [-0.2, 0) is 0 Å². The van der Waals surface area contributed by atoms with Crippen LogP contribution in [0.15, 0.2) is 35.5 Å². The standard InChI is InChI=1S/C14H25NSi/c1-8-10-13(11-9-2)12-15-16(6,7)14(3,4)5/h8-9H,1-2,10-11H2,3-7H3. The Labute approximate surface area is 102 Å². The molecule has 0 spiro atoms. The molecule has 1 nitrogen and oxygen atoms in total. The highest BCUT2D eigenvalue weighted by atomic mass is 28.3. The van der Waals surface area contributed by atoms with Crippen molar-refractivity contribution in [3.05, 3.63) is 30.9 Å². The zero-order chi connectivity index (χ0) is 12.8. The lowest BCUT2D eigenvalue weighted by Crippen LogP contribution is -2.34. The summed E-state index contributed by atoms with van der Waals surface area (Å²) in [6.45, 7) is 18.8. The van der Waals surface area contributed by atoms with E-state index in [0.29, 0.717) is 0 Å². The van der Waals surface area contributed by atoms with Gasteiger partial charge in [-0.2, -0.15) is 0 Å². The highest BCUT2D eigenvalue weighted by Crippen LogP contribution is 2.36. The van der Waals surface area contributed by atoms with Gasteiger partial charge in [-0.1, -0.05) is 32.9 Å². The summed E-state index contributed by atoms with van der Waals surface area (Å²) in [6, 6.07) is 0. The van der Waals surface area contributed by atoms with Crippen LogP contribution in [0.5, 0.6) is 0 Å². The Bertz CT molecular complexity index is 300. The summed E-state index contributed by atoms with van der Waals surface area (Å²) >= 11 is 0. The first-order valence-electron chi connectivity index (χ1n) is 5.79. The highest BCUT2D eigenvalue weighted by molar-refractivity contribution is 6.79. The minimum atomic E-state index is -1.60. The molecule has 0 fully saturated rings. The van der Waals surface area contributed by atoms with Gasteiger partial charge in [0.25, 0.3) is 0 Å². The van der Waals surface area contributed by atoms with E-state index in [9.17, 15) is 0 Å². The van der Waals surface area contributed by atoms with Gasteiger partial charge in [0, 0.05) is 0 Å². The molecule has 2 heteroatoms. The lowest BCUT2D eigenvalue weighted by Gasteiger charge is -2.31. The smallest absolute Gasteiger partial charge is 0.192 e. The van der Waals surface area contributed by atoms with Crippen LogP contribution < -0.4 is 0 Å². The molecule has 0 atom stereocenters. The zero-order valence-corrected chi connectivity index (χ0v) is 12.4. The molecule has 0 aromatic heterocycles. The van der Waals surface area contributed by atoms with E-state index in [4.69, 9.17) is 4.66 Å². The summed E-state index contributed by atoms with van der Waals surface area (Å²) in [5.74, 6) is 3.23. The fourth-order valence-electron chi connectivity index (χ4n) is 0.910. The third kappa shape index (κ3) is 4.78.